The van der Waals surface area contributed by atoms with E-state index in [0.29, 0.717) is 43.4 Å². The highest BCUT2D eigenvalue weighted by atomic mass is 35.5. The van der Waals surface area contributed by atoms with Gasteiger partial charge in [-0.25, -0.2) is 8.42 Å². The number of rotatable bonds is 6. The lowest BCUT2D eigenvalue weighted by Gasteiger charge is -2.43. The summed E-state index contributed by atoms with van der Waals surface area (Å²) < 4.78 is 31.4. The number of thiophene rings is 2. The number of likely N-dealkylation sites (tertiary alicyclic amines) is 2. The smallest absolute Gasteiger partial charge is 0.250 e. The number of amides is 2. The number of carbonyl (C=O) groups excluding carboxylic acids is 2. The molecule has 2 amide bonds. The molecule has 2 bridgehead atoms. The molecule has 3 aromatic heterocycles. The third kappa shape index (κ3) is 5.32. The number of nitrogens with zero attached hydrogens (tertiary/aromatic N) is 3. The summed E-state index contributed by atoms with van der Waals surface area (Å²) in [4.78, 5) is 43.8. The molecular weight excluding hydrogens is 580 g/mol. The van der Waals surface area contributed by atoms with Crippen molar-refractivity contribution in [2.75, 3.05) is 26.2 Å². The second kappa shape index (κ2) is 10.5. The van der Waals surface area contributed by atoms with Gasteiger partial charge in [-0.15, -0.1) is 22.7 Å². The Kier molecular flexibility index (Phi) is 7.17. The number of piperidine rings is 2. The van der Waals surface area contributed by atoms with E-state index in [0.717, 1.165) is 33.2 Å². The number of nitrogens with one attached hydrogen (secondary N) is 1. The molecular formula is C26H27ClN4O5S3. The summed E-state index contributed by atoms with van der Waals surface area (Å²) in [5, 5.41) is 0. The standard InChI is InChI=1S/C26H27ClN4O5S3/c27-22-8-6-20(37-22)21-7-9-25(38-21)39(35,36)28-18-3-2-10-29(26(18)34)15-24(33)30-12-16-11-17(14-30)19-4-1-5-23(32)31(19)13-16/h1,4-9,16-18,28H,2-3,10-15H2/t16-,17?,18+/m1/s1. The number of halogens is 1. The van der Waals surface area contributed by atoms with Crippen LogP contribution in [0.25, 0.3) is 9.75 Å². The molecule has 3 aliphatic heterocycles. The molecule has 2 saturated heterocycles. The molecule has 39 heavy (non-hydrogen) atoms. The van der Waals surface area contributed by atoms with Gasteiger partial charge in [0.25, 0.3) is 15.6 Å². The van der Waals surface area contributed by atoms with Crippen molar-refractivity contribution < 1.29 is 18.0 Å². The number of sulfonamides is 1. The molecule has 0 saturated carbocycles. The number of carbonyl (C=O) groups is 2. The summed E-state index contributed by atoms with van der Waals surface area (Å²) in [5.74, 6) is -0.245. The van der Waals surface area contributed by atoms with Gasteiger partial charge in [0.15, 0.2) is 0 Å². The molecule has 1 unspecified atom stereocenters. The fourth-order valence-corrected chi connectivity index (χ4v) is 9.54. The first-order valence-corrected chi connectivity index (χ1v) is 16.3. The topological polar surface area (TPSA) is 109 Å². The van der Waals surface area contributed by atoms with Crippen LogP contribution in [0.2, 0.25) is 4.34 Å². The van der Waals surface area contributed by atoms with Gasteiger partial charge in [-0.3, -0.25) is 14.4 Å². The Hall–Kier alpha value is -2.51. The van der Waals surface area contributed by atoms with Crippen LogP contribution in [0.1, 0.15) is 30.9 Å². The zero-order chi connectivity index (χ0) is 27.3. The number of hydrogen-bond donors (Lipinski definition) is 1. The van der Waals surface area contributed by atoms with Crippen LogP contribution in [0.15, 0.2) is 51.5 Å². The predicted molar refractivity (Wildman–Crippen MR) is 151 cm³/mol. The van der Waals surface area contributed by atoms with Crippen LogP contribution in [0, 0.1) is 5.92 Å². The highest BCUT2D eigenvalue weighted by molar-refractivity contribution is 7.91. The van der Waals surface area contributed by atoms with Crippen molar-refractivity contribution in [1.29, 1.82) is 0 Å². The zero-order valence-electron chi connectivity index (χ0n) is 20.9. The molecule has 13 heteroatoms. The maximum atomic E-state index is 13.3. The second-order valence-electron chi connectivity index (χ2n) is 10.3. The first-order valence-electron chi connectivity index (χ1n) is 12.8. The van der Waals surface area contributed by atoms with Crippen LogP contribution in [-0.4, -0.2) is 66.8 Å². The first kappa shape index (κ1) is 26.7. The Morgan fingerprint density at radius 3 is 2.62 bits per heavy atom. The molecule has 206 valence electrons. The van der Waals surface area contributed by atoms with Gasteiger partial charge in [0.05, 0.1) is 10.9 Å². The molecule has 3 aliphatic rings. The fourth-order valence-electron chi connectivity index (χ4n) is 5.86. The lowest BCUT2D eigenvalue weighted by atomic mass is 9.83. The van der Waals surface area contributed by atoms with E-state index in [4.69, 9.17) is 11.6 Å². The van der Waals surface area contributed by atoms with Crippen LogP contribution in [0.3, 0.4) is 0 Å². The van der Waals surface area contributed by atoms with Gasteiger partial charge in [-0.2, -0.15) is 4.72 Å². The maximum Gasteiger partial charge on any atom is 0.250 e. The summed E-state index contributed by atoms with van der Waals surface area (Å²) >= 11 is 8.51. The van der Waals surface area contributed by atoms with E-state index in [9.17, 15) is 22.8 Å². The molecule has 1 N–H and O–H groups in total. The van der Waals surface area contributed by atoms with Gasteiger partial charge < -0.3 is 14.4 Å². The largest absolute Gasteiger partial charge is 0.340 e. The van der Waals surface area contributed by atoms with Crippen molar-refractivity contribution >= 4 is 56.1 Å². The minimum Gasteiger partial charge on any atom is -0.340 e. The average Bonchev–Trinajstić information content (AvgIpc) is 3.57. The van der Waals surface area contributed by atoms with Crippen molar-refractivity contribution in [1.82, 2.24) is 19.1 Å². The normalized spacial score (nSPS) is 23.1. The van der Waals surface area contributed by atoms with Crippen molar-refractivity contribution in [3.63, 3.8) is 0 Å². The van der Waals surface area contributed by atoms with Gasteiger partial charge >= 0.3 is 0 Å². The van der Waals surface area contributed by atoms with Crippen LogP contribution >= 0.6 is 34.3 Å². The van der Waals surface area contributed by atoms with Crippen LogP contribution < -0.4 is 10.3 Å². The van der Waals surface area contributed by atoms with E-state index in [-0.39, 0.29) is 40.0 Å². The molecule has 0 radical (unpaired) electrons. The Labute approximate surface area is 239 Å². The van der Waals surface area contributed by atoms with Crippen LogP contribution in [0.4, 0.5) is 0 Å². The Morgan fingerprint density at radius 1 is 1.03 bits per heavy atom. The van der Waals surface area contributed by atoms with E-state index in [1.54, 1.807) is 29.2 Å². The summed E-state index contributed by atoms with van der Waals surface area (Å²) in [6, 6.07) is 11.2. The highest BCUT2D eigenvalue weighted by Gasteiger charge is 2.38. The molecule has 9 nitrogen and oxygen atoms in total. The molecule has 3 aromatic rings. The Balaban J connectivity index is 1.10. The van der Waals surface area contributed by atoms with Gasteiger partial charge in [-0.1, -0.05) is 17.7 Å². The van der Waals surface area contributed by atoms with Gasteiger partial charge in [-0.05, 0) is 55.5 Å². The molecule has 0 spiro atoms. The monoisotopic (exact) mass is 606 g/mol. The van der Waals surface area contributed by atoms with E-state index in [2.05, 4.69) is 4.72 Å². The summed E-state index contributed by atoms with van der Waals surface area (Å²) in [5.41, 5.74) is 0.947. The maximum absolute atomic E-state index is 13.3. The van der Waals surface area contributed by atoms with E-state index in [1.807, 2.05) is 16.7 Å². The zero-order valence-corrected chi connectivity index (χ0v) is 24.1. The average molecular weight is 607 g/mol. The number of fused-ring (bicyclic) bond motifs is 4. The SMILES string of the molecule is O=C(CN1CCC[C@H](NS(=O)(=O)c2ccc(-c3ccc(Cl)s3)s2)C1=O)N1CC2C[C@H](C1)Cn1c2cccc1=O. The number of pyridine rings is 1. The summed E-state index contributed by atoms with van der Waals surface area (Å²) in [6.07, 6.45) is 1.90. The highest BCUT2D eigenvalue weighted by Crippen LogP contribution is 2.37. The van der Waals surface area contributed by atoms with E-state index >= 15 is 0 Å². The summed E-state index contributed by atoms with van der Waals surface area (Å²) in [6.45, 7) is 1.97. The van der Waals surface area contributed by atoms with Crippen molar-refractivity contribution in [2.24, 2.45) is 5.92 Å². The quantitative estimate of drug-likeness (QED) is 0.464. The summed E-state index contributed by atoms with van der Waals surface area (Å²) in [7, 11) is -3.92. The molecule has 0 aromatic carbocycles. The molecule has 6 rings (SSSR count). The molecule has 3 atom stereocenters. The number of hydrogen-bond acceptors (Lipinski definition) is 7. The Morgan fingerprint density at radius 2 is 1.82 bits per heavy atom. The van der Waals surface area contributed by atoms with Crippen molar-refractivity contribution in [3.8, 4) is 9.75 Å². The minimum atomic E-state index is -3.92. The number of aromatic nitrogens is 1. The fraction of sp³-hybridized carbons (Fsp3) is 0.423. The molecule has 6 heterocycles. The van der Waals surface area contributed by atoms with Gasteiger partial charge in [0.1, 0.15) is 10.3 Å². The minimum absolute atomic E-state index is 0.0101. The van der Waals surface area contributed by atoms with E-state index < -0.39 is 16.1 Å². The predicted octanol–water partition coefficient (Wildman–Crippen LogP) is 3.21. The van der Waals surface area contributed by atoms with Crippen molar-refractivity contribution in [3.05, 3.63) is 62.8 Å². The van der Waals surface area contributed by atoms with Gasteiger partial charge in [0, 0.05) is 53.6 Å². The lowest BCUT2D eigenvalue weighted by Crippen LogP contribution is -2.56. The van der Waals surface area contributed by atoms with Crippen LogP contribution in [0.5, 0.6) is 0 Å². The molecule has 0 aliphatic carbocycles. The molecule has 2 fully saturated rings. The van der Waals surface area contributed by atoms with Gasteiger partial charge in [0.2, 0.25) is 11.8 Å². The Bertz CT molecular complexity index is 1600. The third-order valence-electron chi connectivity index (χ3n) is 7.65. The third-order valence-corrected chi connectivity index (χ3v) is 12.1. The second-order valence-corrected chi connectivity index (χ2v) is 15.0. The van der Waals surface area contributed by atoms with Crippen molar-refractivity contribution in [2.45, 2.75) is 42.0 Å². The van der Waals surface area contributed by atoms with E-state index in [1.165, 1.54) is 22.3 Å². The first-order chi connectivity index (χ1) is 18.7. The van der Waals surface area contributed by atoms with Crippen LogP contribution in [-0.2, 0) is 26.2 Å². The lowest BCUT2D eigenvalue weighted by molar-refractivity contribution is -0.144.